The summed E-state index contributed by atoms with van der Waals surface area (Å²) in [4.78, 5) is 5.18. The molecule has 0 saturated carbocycles. The Bertz CT molecular complexity index is 2690. The number of benzene rings is 7. The van der Waals surface area contributed by atoms with E-state index in [4.69, 9.17) is 4.99 Å². The second-order valence-corrected chi connectivity index (χ2v) is 12.9. The van der Waals surface area contributed by atoms with Crippen LogP contribution in [0.15, 0.2) is 181 Å². The largest absolute Gasteiger partial charge is 0.350 e. The van der Waals surface area contributed by atoms with Crippen molar-refractivity contribution in [2.45, 2.75) is 12.3 Å². The quantitative estimate of drug-likeness (QED) is 0.196. The molecule has 5 nitrogen and oxygen atoms in total. The van der Waals surface area contributed by atoms with Gasteiger partial charge in [-0.2, -0.15) is 0 Å². The maximum absolute atomic E-state index is 5.18. The van der Waals surface area contributed by atoms with E-state index >= 15 is 0 Å². The first kappa shape index (κ1) is 28.6. The molecule has 5 heteroatoms. The van der Waals surface area contributed by atoms with Gasteiger partial charge in [0.1, 0.15) is 18.2 Å². The zero-order valence-electron chi connectivity index (χ0n) is 27.2. The molecule has 2 aromatic heterocycles. The molecule has 3 heterocycles. The number of nitrogens with zero attached hydrogens (tertiary/aromatic N) is 3. The van der Waals surface area contributed by atoms with Gasteiger partial charge in [-0.15, -0.1) is 0 Å². The van der Waals surface area contributed by atoms with Crippen LogP contribution in [-0.4, -0.2) is 15.0 Å². The maximum Gasteiger partial charge on any atom is 0.131 e. The minimum absolute atomic E-state index is 0.0842. The van der Waals surface area contributed by atoms with Crippen LogP contribution in [0, 0.1) is 0 Å². The van der Waals surface area contributed by atoms with Gasteiger partial charge in [-0.3, -0.25) is 5.32 Å². The highest BCUT2D eigenvalue weighted by atomic mass is 15.3. The van der Waals surface area contributed by atoms with Crippen LogP contribution in [0.4, 0.5) is 0 Å². The van der Waals surface area contributed by atoms with E-state index in [-0.39, 0.29) is 12.3 Å². The molecule has 10 rings (SSSR count). The Kier molecular flexibility index (Phi) is 6.64. The van der Waals surface area contributed by atoms with Crippen molar-refractivity contribution in [1.29, 1.82) is 0 Å². The van der Waals surface area contributed by atoms with Gasteiger partial charge in [0, 0.05) is 38.5 Å². The van der Waals surface area contributed by atoms with Crippen LogP contribution in [0.25, 0.3) is 55.0 Å². The summed E-state index contributed by atoms with van der Waals surface area (Å²) in [6.07, 6.45) is -0.310. The lowest BCUT2D eigenvalue weighted by molar-refractivity contribution is 0.409. The lowest BCUT2D eigenvalue weighted by Gasteiger charge is -2.32. The van der Waals surface area contributed by atoms with Crippen molar-refractivity contribution in [3.8, 4) is 11.4 Å². The molecule has 0 spiro atoms. The summed E-state index contributed by atoms with van der Waals surface area (Å²) in [6.45, 7) is 0. The SMILES string of the molecule is c1ccc(C2=NC(c3ccc(-n4c5ccccc5c5ccc6c7ccccc7n(-c7ccccc7)c6c54)cc3)NC(c3ccccc3)N2)cc1. The predicted molar refractivity (Wildman–Crippen MR) is 206 cm³/mol. The minimum Gasteiger partial charge on any atom is -0.350 e. The molecular formula is C45H33N5. The van der Waals surface area contributed by atoms with Gasteiger partial charge in [0.15, 0.2) is 0 Å². The van der Waals surface area contributed by atoms with Crippen LogP contribution >= 0.6 is 0 Å². The summed E-state index contributed by atoms with van der Waals surface area (Å²) in [7, 11) is 0. The molecule has 0 amide bonds. The molecular weight excluding hydrogens is 611 g/mol. The van der Waals surface area contributed by atoms with E-state index in [9.17, 15) is 0 Å². The molecule has 9 aromatic rings. The third-order valence-electron chi connectivity index (χ3n) is 9.99. The van der Waals surface area contributed by atoms with Crippen LogP contribution < -0.4 is 10.6 Å². The van der Waals surface area contributed by atoms with Crippen molar-refractivity contribution in [3.05, 3.63) is 193 Å². The summed E-state index contributed by atoms with van der Waals surface area (Å²) < 4.78 is 4.87. The molecule has 0 bridgehead atoms. The second-order valence-electron chi connectivity index (χ2n) is 12.9. The first-order valence-corrected chi connectivity index (χ1v) is 17.1. The van der Waals surface area contributed by atoms with Gasteiger partial charge in [-0.1, -0.05) is 140 Å². The Labute approximate surface area is 289 Å². The number of aromatic nitrogens is 2. The molecule has 7 aromatic carbocycles. The topological polar surface area (TPSA) is 46.3 Å². The van der Waals surface area contributed by atoms with Crippen molar-refractivity contribution >= 4 is 49.4 Å². The lowest BCUT2D eigenvalue weighted by Crippen LogP contribution is -2.44. The summed E-state index contributed by atoms with van der Waals surface area (Å²) >= 11 is 0. The number of nitrogens with one attached hydrogen (secondary N) is 2. The van der Waals surface area contributed by atoms with Crippen LogP contribution in [0.1, 0.15) is 29.0 Å². The highest BCUT2D eigenvalue weighted by Crippen LogP contribution is 2.41. The average molecular weight is 644 g/mol. The molecule has 0 fully saturated rings. The van der Waals surface area contributed by atoms with E-state index < -0.39 is 0 Å². The Morgan fingerprint density at radius 2 is 0.920 bits per heavy atom. The molecule has 0 saturated heterocycles. The number of para-hydroxylation sites is 3. The molecule has 2 unspecified atom stereocenters. The summed E-state index contributed by atoms with van der Waals surface area (Å²) in [5.41, 5.74) is 10.4. The van der Waals surface area contributed by atoms with Crippen LogP contribution in [0.2, 0.25) is 0 Å². The van der Waals surface area contributed by atoms with Gasteiger partial charge in [0.05, 0.1) is 22.1 Å². The molecule has 1 aliphatic rings. The van der Waals surface area contributed by atoms with Crippen LogP contribution in [0.3, 0.4) is 0 Å². The highest BCUT2D eigenvalue weighted by Gasteiger charge is 2.26. The maximum atomic E-state index is 5.18. The highest BCUT2D eigenvalue weighted by molar-refractivity contribution is 6.23. The normalized spacial score (nSPS) is 16.2. The van der Waals surface area contributed by atoms with Gasteiger partial charge >= 0.3 is 0 Å². The molecule has 0 radical (unpaired) electrons. The van der Waals surface area contributed by atoms with E-state index in [1.807, 2.05) is 6.07 Å². The van der Waals surface area contributed by atoms with Crippen molar-refractivity contribution in [1.82, 2.24) is 19.8 Å². The number of fused-ring (bicyclic) bond motifs is 7. The van der Waals surface area contributed by atoms with Gasteiger partial charge in [0.25, 0.3) is 0 Å². The van der Waals surface area contributed by atoms with E-state index in [0.29, 0.717) is 0 Å². The number of hydrogen-bond donors (Lipinski definition) is 2. The minimum atomic E-state index is -0.226. The van der Waals surface area contributed by atoms with E-state index in [0.717, 1.165) is 28.3 Å². The third kappa shape index (κ3) is 4.55. The van der Waals surface area contributed by atoms with Gasteiger partial charge in [0.2, 0.25) is 0 Å². The smallest absolute Gasteiger partial charge is 0.131 e. The van der Waals surface area contributed by atoms with Crippen molar-refractivity contribution in [2.75, 3.05) is 0 Å². The Hall–Kier alpha value is -6.43. The number of aliphatic imine (C=N–C) groups is 1. The molecule has 50 heavy (non-hydrogen) atoms. The summed E-state index contributed by atoms with van der Waals surface area (Å²) in [5, 5.41) is 12.4. The van der Waals surface area contributed by atoms with Crippen molar-refractivity contribution in [2.24, 2.45) is 4.99 Å². The monoisotopic (exact) mass is 643 g/mol. The Morgan fingerprint density at radius 1 is 0.420 bits per heavy atom. The van der Waals surface area contributed by atoms with Crippen molar-refractivity contribution in [3.63, 3.8) is 0 Å². The van der Waals surface area contributed by atoms with E-state index in [2.05, 4.69) is 190 Å². The molecule has 2 atom stereocenters. The van der Waals surface area contributed by atoms with Gasteiger partial charge in [-0.05, 0) is 47.5 Å². The molecule has 1 aliphatic heterocycles. The standard InChI is InChI=1S/C45H33N5/c1-4-14-30(15-5-1)43-46-44(31-16-6-2-7-17-31)48-45(47-43)32-24-26-34(27-25-32)50-40-23-13-11-21-36(40)38-29-28-37-35-20-10-12-22-39(35)49(41(37)42(38)50)33-18-8-3-9-19-33/h1-29,43,45,47H,(H,46,48). The number of rotatable bonds is 5. The Morgan fingerprint density at radius 3 is 1.52 bits per heavy atom. The molecule has 238 valence electrons. The molecule has 2 N–H and O–H groups in total. The first-order valence-electron chi connectivity index (χ1n) is 17.1. The van der Waals surface area contributed by atoms with Crippen LogP contribution in [0.5, 0.6) is 0 Å². The van der Waals surface area contributed by atoms with Crippen molar-refractivity contribution < 1.29 is 0 Å². The average Bonchev–Trinajstić information content (AvgIpc) is 3.72. The fourth-order valence-electron chi connectivity index (χ4n) is 7.71. The molecule has 0 aliphatic carbocycles. The fourth-order valence-corrected chi connectivity index (χ4v) is 7.71. The van der Waals surface area contributed by atoms with Gasteiger partial charge < -0.3 is 14.5 Å². The predicted octanol–water partition coefficient (Wildman–Crippen LogP) is 10.2. The lowest BCUT2D eigenvalue weighted by atomic mass is 10.1. The summed E-state index contributed by atoms with van der Waals surface area (Å²) in [5.74, 6) is 0.880. The number of hydrogen-bond acceptors (Lipinski definition) is 3. The summed E-state index contributed by atoms with van der Waals surface area (Å²) in [6, 6.07) is 62.6. The van der Waals surface area contributed by atoms with Gasteiger partial charge in [-0.25, -0.2) is 4.99 Å². The third-order valence-corrected chi connectivity index (χ3v) is 9.99. The fraction of sp³-hybridized carbons (Fsp3) is 0.0444. The number of amidine groups is 1. The zero-order valence-corrected chi connectivity index (χ0v) is 27.2. The second kappa shape index (κ2) is 11.6. The zero-order chi connectivity index (χ0) is 33.0. The van der Waals surface area contributed by atoms with E-state index in [1.54, 1.807) is 0 Å². The van der Waals surface area contributed by atoms with Crippen LogP contribution in [-0.2, 0) is 0 Å². The first-order chi connectivity index (χ1) is 24.8. The van der Waals surface area contributed by atoms with E-state index in [1.165, 1.54) is 49.2 Å². The Balaban J connectivity index is 1.16.